The van der Waals surface area contributed by atoms with Crippen molar-refractivity contribution >= 4 is 23.6 Å². The van der Waals surface area contributed by atoms with Crippen LogP contribution in [0.1, 0.15) is 20.3 Å². The molecular formula is C12H19N3O3S. The smallest absolute Gasteiger partial charge is 0.326 e. The third kappa shape index (κ3) is 3.03. The Morgan fingerprint density at radius 1 is 1.79 bits per heavy atom. The third-order valence-electron chi connectivity index (χ3n) is 3.54. The first-order valence-corrected chi connectivity index (χ1v) is 7.18. The Hall–Kier alpha value is -1.21. The topological polar surface area (TPSA) is 81.7 Å². The fourth-order valence-electron chi connectivity index (χ4n) is 2.25. The molecular weight excluding hydrogens is 266 g/mol. The van der Waals surface area contributed by atoms with Gasteiger partial charge in [0.15, 0.2) is 0 Å². The van der Waals surface area contributed by atoms with Crippen molar-refractivity contribution in [3.63, 3.8) is 0 Å². The normalized spacial score (nSPS) is 31.6. The standard InChI is InChI=1S/C12H19N3O3S/c1-8(11(17)18)15-5-3-9(10(15)16)13-7-12(2)14-4-6-19-12/h4,6,8-9,13-14H,3,5,7H2,1-2H3,(H,17,18)/t8-,9-,12?/m0/s1. The van der Waals surface area contributed by atoms with E-state index in [1.54, 1.807) is 18.7 Å². The molecule has 0 bridgehead atoms. The molecule has 2 rings (SSSR count). The number of likely N-dealkylation sites (tertiary alicyclic amines) is 1. The van der Waals surface area contributed by atoms with Crippen LogP contribution in [-0.4, -0.2) is 51.9 Å². The molecule has 1 saturated heterocycles. The maximum absolute atomic E-state index is 12.1. The molecule has 3 atom stereocenters. The highest BCUT2D eigenvalue weighted by atomic mass is 32.2. The average molecular weight is 285 g/mol. The second-order valence-electron chi connectivity index (χ2n) is 5.06. The maximum Gasteiger partial charge on any atom is 0.326 e. The minimum Gasteiger partial charge on any atom is -0.480 e. The van der Waals surface area contributed by atoms with E-state index in [-0.39, 0.29) is 16.8 Å². The second-order valence-corrected chi connectivity index (χ2v) is 6.47. The van der Waals surface area contributed by atoms with E-state index >= 15 is 0 Å². The Labute approximate surface area is 116 Å². The Balaban J connectivity index is 1.86. The summed E-state index contributed by atoms with van der Waals surface area (Å²) in [5.74, 6) is -1.08. The van der Waals surface area contributed by atoms with Crippen LogP contribution >= 0.6 is 11.8 Å². The third-order valence-corrected chi connectivity index (χ3v) is 4.59. The van der Waals surface area contributed by atoms with Gasteiger partial charge in [0.1, 0.15) is 6.04 Å². The maximum atomic E-state index is 12.1. The minimum absolute atomic E-state index is 0.116. The number of carboxylic acid groups (broad SMARTS) is 1. The number of carbonyl (C=O) groups excluding carboxylic acids is 1. The number of carbonyl (C=O) groups is 2. The van der Waals surface area contributed by atoms with Crippen molar-refractivity contribution < 1.29 is 14.7 Å². The summed E-state index contributed by atoms with van der Waals surface area (Å²) in [7, 11) is 0. The number of nitrogens with one attached hydrogen (secondary N) is 2. The summed E-state index contributed by atoms with van der Waals surface area (Å²) < 4.78 is 0. The van der Waals surface area contributed by atoms with Crippen LogP contribution in [-0.2, 0) is 9.59 Å². The number of nitrogens with zero attached hydrogens (tertiary/aromatic N) is 1. The Morgan fingerprint density at radius 3 is 3.11 bits per heavy atom. The molecule has 0 radical (unpaired) electrons. The first-order valence-electron chi connectivity index (χ1n) is 6.30. The van der Waals surface area contributed by atoms with E-state index in [0.29, 0.717) is 19.5 Å². The molecule has 106 valence electrons. The van der Waals surface area contributed by atoms with Crippen molar-refractivity contribution in [2.75, 3.05) is 13.1 Å². The number of aliphatic carboxylic acids is 1. The van der Waals surface area contributed by atoms with Gasteiger partial charge in [-0.05, 0) is 25.7 Å². The van der Waals surface area contributed by atoms with Crippen LogP contribution in [0.3, 0.4) is 0 Å². The molecule has 2 heterocycles. The molecule has 2 aliphatic rings. The molecule has 1 fully saturated rings. The quantitative estimate of drug-likeness (QED) is 0.668. The van der Waals surface area contributed by atoms with Crippen LogP contribution in [0.2, 0.25) is 0 Å². The number of hydrogen-bond acceptors (Lipinski definition) is 5. The molecule has 0 aromatic rings. The lowest BCUT2D eigenvalue weighted by molar-refractivity contribution is -0.147. The van der Waals surface area contributed by atoms with E-state index in [4.69, 9.17) is 5.11 Å². The molecule has 0 aliphatic carbocycles. The molecule has 1 amide bonds. The van der Waals surface area contributed by atoms with Crippen molar-refractivity contribution in [1.82, 2.24) is 15.5 Å². The molecule has 3 N–H and O–H groups in total. The van der Waals surface area contributed by atoms with E-state index in [2.05, 4.69) is 17.6 Å². The largest absolute Gasteiger partial charge is 0.480 e. The fraction of sp³-hybridized carbons (Fsp3) is 0.667. The van der Waals surface area contributed by atoms with Crippen molar-refractivity contribution in [1.29, 1.82) is 0 Å². The Kier molecular flexibility index (Phi) is 4.05. The van der Waals surface area contributed by atoms with Gasteiger partial charge in [0.25, 0.3) is 0 Å². The van der Waals surface area contributed by atoms with E-state index in [1.165, 1.54) is 4.90 Å². The molecule has 0 aromatic heterocycles. The number of rotatable bonds is 5. The average Bonchev–Trinajstić information content (AvgIpc) is 2.93. The summed E-state index contributed by atoms with van der Waals surface area (Å²) in [6, 6.07) is -1.03. The summed E-state index contributed by atoms with van der Waals surface area (Å²) in [6.07, 6.45) is 2.55. The van der Waals surface area contributed by atoms with Crippen molar-refractivity contribution in [3.8, 4) is 0 Å². The fourth-order valence-corrected chi connectivity index (χ4v) is 2.99. The first kappa shape index (κ1) is 14.2. The zero-order valence-corrected chi connectivity index (χ0v) is 11.9. The zero-order chi connectivity index (χ0) is 14.0. The van der Waals surface area contributed by atoms with Crippen LogP contribution in [0.25, 0.3) is 0 Å². The van der Waals surface area contributed by atoms with Crippen molar-refractivity contribution in [2.45, 2.75) is 37.2 Å². The second kappa shape index (κ2) is 5.42. The highest BCUT2D eigenvalue weighted by molar-refractivity contribution is 8.03. The highest BCUT2D eigenvalue weighted by Gasteiger charge is 2.38. The molecule has 0 saturated carbocycles. The summed E-state index contributed by atoms with van der Waals surface area (Å²) >= 11 is 1.67. The molecule has 2 aliphatic heterocycles. The van der Waals surface area contributed by atoms with Gasteiger partial charge in [-0.15, -0.1) is 11.8 Å². The Morgan fingerprint density at radius 2 is 2.53 bits per heavy atom. The molecule has 6 nitrogen and oxygen atoms in total. The lowest BCUT2D eigenvalue weighted by Gasteiger charge is -2.26. The predicted molar refractivity (Wildman–Crippen MR) is 73.5 cm³/mol. The lowest BCUT2D eigenvalue weighted by Crippen LogP contribution is -2.49. The number of hydrogen-bond donors (Lipinski definition) is 3. The van der Waals surface area contributed by atoms with Crippen LogP contribution in [0, 0.1) is 0 Å². The summed E-state index contributed by atoms with van der Waals surface area (Å²) in [6.45, 7) is 4.75. The van der Waals surface area contributed by atoms with Gasteiger partial charge in [0.2, 0.25) is 5.91 Å². The molecule has 0 spiro atoms. The highest BCUT2D eigenvalue weighted by Crippen LogP contribution is 2.27. The van der Waals surface area contributed by atoms with E-state index in [9.17, 15) is 9.59 Å². The Bertz CT molecular complexity index is 405. The van der Waals surface area contributed by atoms with Gasteiger partial charge in [-0.3, -0.25) is 4.79 Å². The predicted octanol–water partition coefficient (Wildman–Crippen LogP) is 0.174. The zero-order valence-electron chi connectivity index (χ0n) is 11.0. The number of carboxylic acids is 1. The molecule has 19 heavy (non-hydrogen) atoms. The number of thioether (sulfide) groups is 1. The van der Waals surface area contributed by atoms with Crippen LogP contribution < -0.4 is 10.6 Å². The van der Waals surface area contributed by atoms with E-state index < -0.39 is 12.0 Å². The summed E-state index contributed by atoms with van der Waals surface area (Å²) in [5, 5.41) is 17.4. The lowest BCUT2D eigenvalue weighted by atomic mass is 10.2. The number of amides is 1. The van der Waals surface area contributed by atoms with Crippen LogP contribution in [0.15, 0.2) is 11.6 Å². The van der Waals surface area contributed by atoms with Crippen molar-refractivity contribution in [2.24, 2.45) is 0 Å². The van der Waals surface area contributed by atoms with E-state index in [1.807, 2.05) is 11.6 Å². The summed E-state index contributed by atoms with van der Waals surface area (Å²) in [5.41, 5.74) is 0. The van der Waals surface area contributed by atoms with Gasteiger partial charge >= 0.3 is 5.97 Å². The van der Waals surface area contributed by atoms with Crippen LogP contribution in [0.4, 0.5) is 0 Å². The van der Waals surface area contributed by atoms with Gasteiger partial charge in [-0.25, -0.2) is 4.79 Å². The molecule has 0 aromatic carbocycles. The first-order chi connectivity index (χ1) is 8.93. The van der Waals surface area contributed by atoms with Crippen LogP contribution in [0.5, 0.6) is 0 Å². The minimum atomic E-state index is -0.960. The molecule has 7 heteroatoms. The van der Waals surface area contributed by atoms with Crippen molar-refractivity contribution in [3.05, 3.63) is 11.6 Å². The van der Waals surface area contributed by atoms with Gasteiger partial charge in [0, 0.05) is 19.3 Å². The van der Waals surface area contributed by atoms with Gasteiger partial charge < -0.3 is 20.6 Å². The van der Waals surface area contributed by atoms with Gasteiger partial charge in [-0.2, -0.15) is 0 Å². The molecule has 1 unspecified atom stereocenters. The SMILES string of the molecule is C[C@@H](C(=O)O)N1CC[C@H](NCC2(C)NC=CS2)C1=O. The van der Waals surface area contributed by atoms with E-state index in [0.717, 1.165) is 0 Å². The van der Waals surface area contributed by atoms with Gasteiger partial charge in [0.05, 0.1) is 10.9 Å². The van der Waals surface area contributed by atoms with Gasteiger partial charge in [-0.1, -0.05) is 0 Å². The summed E-state index contributed by atoms with van der Waals surface area (Å²) in [4.78, 5) is 24.3. The monoisotopic (exact) mass is 285 g/mol.